The SMILES string of the molecule is CCOCc1noc(C(C)C)n1. The van der Waals surface area contributed by atoms with Crippen LogP contribution in [0.25, 0.3) is 0 Å². The molecule has 0 fully saturated rings. The monoisotopic (exact) mass is 170 g/mol. The Hall–Kier alpha value is -0.900. The summed E-state index contributed by atoms with van der Waals surface area (Å²) in [5.41, 5.74) is 0. The van der Waals surface area contributed by atoms with Crippen LogP contribution in [-0.4, -0.2) is 16.7 Å². The quantitative estimate of drug-likeness (QED) is 0.690. The lowest BCUT2D eigenvalue weighted by molar-refractivity contribution is 0.126. The highest BCUT2D eigenvalue weighted by Gasteiger charge is 2.08. The molecular weight excluding hydrogens is 156 g/mol. The Kier molecular flexibility index (Phi) is 3.22. The molecule has 1 aromatic rings. The van der Waals surface area contributed by atoms with Gasteiger partial charge in [0.2, 0.25) is 5.89 Å². The van der Waals surface area contributed by atoms with Gasteiger partial charge in [-0.15, -0.1) is 0 Å². The van der Waals surface area contributed by atoms with Crippen molar-refractivity contribution >= 4 is 0 Å². The van der Waals surface area contributed by atoms with Gasteiger partial charge in [-0.25, -0.2) is 0 Å². The lowest BCUT2D eigenvalue weighted by Gasteiger charge is -1.93. The van der Waals surface area contributed by atoms with Crippen LogP contribution < -0.4 is 0 Å². The van der Waals surface area contributed by atoms with Gasteiger partial charge in [0.05, 0.1) is 0 Å². The normalized spacial score (nSPS) is 11.0. The minimum Gasteiger partial charge on any atom is -0.374 e. The largest absolute Gasteiger partial charge is 0.374 e. The number of nitrogens with zero attached hydrogens (tertiary/aromatic N) is 2. The first-order valence-electron chi connectivity index (χ1n) is 4.14. The average Bonchev–Trinajstić information content (AvgIpc) is 2.48. The molecule has 0 spiro atoms. The molecule has 0 radical (unpaired) electrons. The summed E-state index contributed by atoms with van der Waals surface area (Å²) in [6.45, 7) is 7.07. The van der Waals surface area contributed by atoms with Crippen molar-refractivity contribution in [3.63, 3.8) is 0 Å². The van der Waals surface area contributed by atoms with Crippen LogP contribution in [0.3, 0.4) is 0 Å². The highest BCUT2D eigenvalue weighted by atomic mass is 16.5. The predicted molar refractivity (Wildman–Crippen MR) is 43.7 cm³/mol. The van der Waals surface area contributed by atoms with Gasteiger partial charge in [0.15, 0.2) is 5.82 Å². The Balaban J connectivity index is 2.52. The predicted octanol–water partition coefficient (Wildman–Crippen LogP) is 1.73. The van der Waals surface area contributed by atoms with Gasteiger partial charge in [-0.05, 0) is 6.92 Å². The molecule has 0 N–H and O–H groups in total. The minimum atomic E-state index is 0.285. The average molecular weight is 170 g/mol. The molecule has 0 unspecified atom stereocenters. The molecule has 68 valence electrons. The third-order valence-corrected chi connectivity index (χ3v) is 1.41. The summed E-state index contributed by atoms with van der Waals surface area (Å²) in [5.74, 6) is 1.58. The topological polar surface area (TPSA) is 48.2 Å². The fourth-order valence-corrected chi connectivity index (χ4v) is 0.754. The Morgan fingerprint density at radius 3 is 2.75 bits per heavy atom. The lowest BCUT2D eigenvalue weighted by Crippen LogP contribution is -1.94. The number of hydrogen-bond acceptors (Lipinski definition) is 4. The molecule has 12 heavy (non-hydrogen) atoms. The molecule has 0 saturated heterocycles. The van der Waals surface area contributed by atoms with Crippen molar-refractivity contribution in [2.24, 2.45) is 0 Å². The summed E-state index contributed by atoms with van der Waals surface area (Å²) in [6, 6.07) is 0. The molecular formula is C8H14N2O2. The summed E-state index contributed by atoms with van der Waals surface area (Å²) in [7, 11) is 0. The van der Waals surface area contributed by atoms with E-state index in [2.05, 4.69) is 10.1 Å². The highest BCUT2D eigenvalue weighted by Crippen LogP contribution is 2.10. The Bertz CT molecular complexity index is 233. The molecule has 0 saturated carbocycles. The number of aromatic nitrogens is 2. The number of hydrogen-bond donors (Lipinski definition) is 0. The van der Waals surface area contributed by atoms with E-state index in [0.29, 0.717) is 24.9 Å². The molecule has 0 bridgehead atoms. The minimum absolute atomic E-state index is 0.285. The van der Waals surface area contributed by atoms with Crippen molar-refractivity contribution in [3.05, 3.63) is 11.7 Å². The molecule has 1 rings (SSSR count). The second kappa shape index (κ2) is 4.21. The third-order valence-electron chi connectivity index (χ3n) is 1.41. The maximum absolute atomic E-state index is 5.13. The molecule has 0 amide bonds. The van der Waals surface area contributed by atoms with Crippen LogP contribution in [0, 0.1) is 0 Å². The van der Waals surface area contributed by atoms with E-state index in [1.54, 1.807) is 0 Å². The first-order valence-corrected chi connectivity index (χ1v) is 4.14. The zero-order chi connectivity index (χ0) is 8.97. The lowest BCUT2D eigenvalue weighted by atomic mass is 10.2. The summed E-state index contributed by atoms with van der Waals surface area (Å²) < 4.78 is 10.1. The molecule has 0 aliphatic carbocycles. The van der Waals surface area contributed by atoms with Crippen molar-refractivity contribution in [3.8, 4) is 0 Å². The third kappa shape index (κ3) is 2.30. The summed E-state index contributed by atoms with van der Waals surface area (Å²) >= 11 is 0. The van der Waals surface area contributed by atoms with Crippen molar-refractivity contribution in [1.82, 2.24) is 10.1 Å². The van der Waals surface area contributed by atoms with E-state index in [1.165, 1.54) is 0 Å². The smallest absolute Gasteiger partial charge is 0.229 e. The van der Waals surface area contributed by atoms with E-state index in [-0.39, 0.29) is 5.92 Å². The van der Waals surface area contributed by atoms with E-state index < -0.39 is 0 Å². The zero-order valence-electron chi connectivity index (χ0n) is 7.70. The molecule has 1 heterocycles. The number of ether oxygens (including phenoxy) is 1. The van der Waals surface area contributed by atoms with Crippen LogP contribution in [0.5, 0.6) is 0 Å². The second-order valence-corrected chi connectivity index (χ2v) is 2.84. The van der Waals surface area contributed by atoms with E-state index >= 15 is 0 Å². The standard InChI is InChI=1S/C8H14N2O2/c1-4-11-5-7-9-8(6(2)3)12-10-7/h6H,4-5H2,1-3H3. The van der Waals surface area contributed by atoms with Crippen molar-refractivity contribution in [2.45, 2.75) is 33.3 Å². The van der Waals surface area contributed by atoms with Crippen LogP contribution in [0.2, 0.25) is 0 Å². The first kappa shape index (κ1) is 9.19. The van der Waals surface area contributed by atoms with Gasteiger partial charge >= 0.3 is 0 Å². The van der Waals surface area contributed by atoms with Crippen LogP contribution in [0.4, 0.5) is 0 Å². The molecule has 4 heteroatoms. The molecule has 1 aromatic heterocycles. The molecule has 0 aliphatic heterocycles. The van der Waals surface area contributed by atoms with Crippen molar-refractivity contribution in [2.75, 3.05) is 6.61 Å². The second-order valence-electron chi connectivity index (χ2n) is 2.84. The fraction of sp³-hybridized carbons (Fsp3) is 0.750. The Morgan fingerprint density at radius 2 is 2.25 bits per heavy atom. The van der Waals surface area contributed by atoms with Gasteiger partial charge in [0.1, 0.15) is 6.61 Å². The Morgan fingerprint density at radius 1 is 1.50 bits per heavy atom. The Labute approximate surface area is 71.9 Å². The molecule has 0 aliphatic rings. The first-order chi connectivity index (χ1) is 5.74. The van der Waals surface area contributed by atoms with Gasteiger partial charge < -0.3 is 9.26 Å². The van der Waals surface area contributed by atoms with Crippen LogP contribution in [-0.2, 0) is 11.3 Å². The van der Waals surface area contributed by atoms with Gasteiger partial charge in [0, 0.05) is 12.5 Å². The zero-order valence-corrected chi connectivity index (χ0v) is 7.70. The van der Waals surface area contributed by atoms with Crippen LogP contribution in [0.15, 0.2) is 4.52 Å². The van der Waals surface area contributed by atoms with Gasteiger partial charge in [-0.2, -0.15) is 4.98 Å². The highest BCUT2D eigenvalue weighted by molar-refractivity contribution is 4.89. The maximum atomic E-state index is 5.13. The van der Waals surface area contributed by atoms with E-state index in [1.807, 2.05) is 20.8 Å². The maximum Gasteiger partial charge on any atom is 0.229 e. The molecule has 0 atom stereocenters. The summed E-state index contributed by atoms with van der Waals surface area (Å²) in [4.78, 5) is 4.14. The van der Waals surface area contributed by atoms with E-state index in [0.717, 1.165) is 0 Å². The van der Waals surface area contributed by atoms with Crippen LogP contribution in [0.1, 0.15) is 38.4 Å². The van der Waals surface area contributed by atoms with Crippen LogP contribution >= 0.6 is 0 Å². The van der Waals surface area contributed by atoms with E-state index in [4.69, 9.17) is 9.26 Å². The fourth-order valence-electron chi connectivity index (χ4n) is 0.754. The van der Waals surface area contributed by atoms with E-state index in [9.17, 15) is 0 Å². The van der Waals surface area contributed by atoms with Gasteiger partial charge in [0.25, 0.3) is 0 Å². The molecule has 4 nitrogen and oxygen atoms in total. The molecule has 0 aromatic carbocycles. The number of rotatable bonds is 4. The van der Waals surface area contributed by atoms with Gasteiger partial charge in [-0.1, -0.05) is 19.0 Å². The van der Waals surface area contributed by atoms with Gasteiger partial charge in [-0.3, -0.25) is 0 Å². The van der Waals surface area contributed by atoms with Crippen molar-refractivity contribution in [1.29, 1.82) is 0 Å². The van der Waals surface area contributed by atoms with Crippen molar-refractivity contribution < 1.29 is 9.26 Å². The summed E-state index contributed by atoms with van der Waals surface area (Å²) in [5, 5.41) is 3.76. The summed E-state index contributed by atoms with van der Waals surface area (Å²) in [6.07, 6.45) is 0.